The third kappa shape index (κ3) is 3.80. The van der Waals surface area contributed by atoms with Crippen molar-refractivity contribution in [2.24, 2.45) is 23.7 Å². The highest BCUT2D eigenvalue weighted by Gasteiger charge is 2.44. The lowest BCUT2D eigenvalue weighted by Crippen LogP contribution is -2.41. The molecule has 7 heteroatoms. The number of aliphatic hydroxyl groups is 1. The van der Waals surface area contributed by atoms with Gasteiger partial charge in [0, 0.05) is 5.92 Å². The Balaban J connectivity index is 2.88. The van der Waals surface area contributed by atoms with Crippen LogP contribution in [0.1, 0.15) is 13.3 Å². The Bertz CT molecular complexity index is 415. The zero-order valence-electron chi connectivity index (χ0n) is 11.1. The highest BCUT2D eigenvalue weighted by atomic mass is 16.5. The van der Waals surface area contributed by atoms with Crippen LogP contribution in [-0.4, -0.2) is 46.4 Å². The molecule has 0 spiro atoms. The third-order valence-corrected chi connectivity index (χ3v) is 3.40. The summed E-state index contributed by atoms with van der Waals surface area (Å²) in [5.74, 6) is -6.48. The minimum Gasteiger partial charge on any atom is -0.481 e. The first-order valence-corrected chi connectivity index (χ1v) is 6.29. The second-order valence-corrected chi connectivity index (χ2v) is 4.78. The molecule has 112 valence electrons. The zero-order valence-corrected chi connectivity index (χ0v) is 11.1. The maximum absolute atomic E-state index is 11.5. The fourth-order valence-corrected chi connectivity index (χ4v) is 2.47. The average Bonchev–Trinajstić information content (AvgIpc) is 2.37. The first-order chi connectivity index (χ1) is 9.38. The van der Waals surface area contributed by atoms with Gasteiger partial charge in [0.25, 0.3) is 0 Å². The zero-order chi connectivity index (χ0) is 15.3. The van der Waals surface area contributed by atoms with E-state index in [1.807, 2.05) is 0 Å². The van der Waals surface area contributed by atoms with Gasteiger partial charge in [-0.1, -0.05) is 19.1 Å². The smallest absolute Gasteiger partial charge is 0.308 e. The summed E-state index contributed by atoms with van der Waals surface area (Å²) in [7, 11) is 0. The Labute approximate surface area is 115 Å². The van der Waals surface area contributed by atoms with Crippen LogP contribution in [0.25, 0.3) is 0 Å². The standard InChI is InChI=1S/C13H18O7/c1-7-2-3-8(6-9(15)20-5-4-14)11(13(18)19)10(7)12(16)17/h2-3,7-8,10-11,14H,4-6H2,1H3,(H,16,17)(H,18,19). The van der Waals surface area contributed by atoms with E-state index < -0.39 is 41.6 Å². The number of aliphatic hydroxyl groups excluding tert-OH is 1. The van der Waals surface area contributed by atoms with Gasteiger partial charge in [0.05, 0.1) is 24.9 Å². The molecule has 0 radical (unpaired) electrons. The van der Waals surface area contributed by atoms with Crippen molar-refractivity contribution in [1.82, 2.24) is 0 Å². The number of hydrogen-bond acceptors (Lipinski definition) is 5. The van der Waals surface area contributed by atoms with E-state index in [1.54, 1.807) is 19.1 Å². The quantitative estimate of drug-likeness (QED) is 0.469. The number of hydrogen-bond donors (Lipinski definition) is 3. The van der Waals surface area contributed by atoms with Gasteiger partial charge in [0.2, 0.25) is 0 Å². The van der Waals surface area contributed by atoms with Gasteiger partial charge in [-0.25, -0.2) is 0 Å². The molecule has 0 aliphatic heterocycles. The molecule has 0 fully saturated rings. The number of ether oxygens (including phenoxy) is 1. The van der Waals surface area contributed by atoms with E-state index in [2.05, 4.69) is 4.74 Å². The molecule has 20 heavy (non-hydrogen) atoms. The maximum atomic E-state index is 11.5. The number of carboxylic acids is 2. The number of esters is 1. The second-order valence-electron chi connectivity index (χ2n) is 4.78. The van der Waals surface area contributed by atoms with Crippen molar-refractivity contribution in [1.29, 1.82) is 0 Å². The van der Waals surface area contributed by atoms with Gasteiger partial charge in [0.15, 0.2) is 0 Å². The Morgan fingerprint density at radius 1 is 1.10 bits per heavy atom. The molecule has 0 aromatic carbocycles. The molecule has 7 nitrogen and oxygen atoms in total. The molecule has 1 aliphatic rings. The van der Waals surface area contributed by atoms with Crippen LogP contribution in [0, 0.1) is 23.7 Å². The van der Waals surface area contributed by atoms with Crippen LogP contribution in [0.5, 0.6) is 0 Å². The van der Waals surface area contributed by atoms with Gasteiger partial charge >= 0.3 is 17.9 Å². The monoisotopic (exact) mass is 286 g/mol. The summed E-state index contributed by atoms with van der Waals surface area (Å²) in [4.78, 5) is 34.1. The molecule has 1 aliphatic carbocycles. The van der Waals surface area contributed by atoms with Crippen LogP contribution in [-0.2, 0) is 19.1 Å². The van der Waals surface area contributed by atoms with Crippen molar-refractivity contribution in [3.05, 3.63) is 12.2 Å². The van der Waals surface area contributed by atoms with Crippen LogP contribution in [0.3, 0.4) is 0 Å². The van der Waals surface area contributed by atoms with Gasteiger partial charge in [-0.05, 0) is 5.92 Å². The van der Waals surface area contributed by atoms with Crippen molar-refractivity contribution in [2.75, 3.05) is 13.2 Å². The number of aliphatic carboxylic acids is 2. The van der Waals surface area contributed by atoms with Crippen molar-refractivity contribution in [3.63, 3.8) is 0 Å². The molecular formula is C13H18O7. The minimum atomic E-state index is -1.24. The van der Waals surface area contributed by atoms with E-state index in [9.17, 15) is 24.6 Å². The summed E-state index contributed by atoms with van der Waals surface area (Å²) in [6.07, 6.45) is 2.95. The molecule has 0 bridgehead atoms. The molecular weight excluding hydrogens is 268 g/mol. The molecule has 3 N–H and O–H groups in total. The normalized spacial score (nSPS) is 28.9. The Kier molecular flexibility index (Phi) is 5.69. The van der Waals surface area contributed by atoms with E-state index >= 15 is 0 Å². The fraction of sp³-hybridized carbons (Fsp3) is 0.615. The molecule has 4 unspecified atom stereocenters. The van der Waals surface area contributed by atoms with Gasteiger partial charge in [-0.3, -0.25) is 14.4 Å². The lowest BCUT2D eigenvalue weighted by atomic mass is 9.70. The molecule has 0 aromatic rings. The van der Waals surface area contributed by atoms with Crippen LogP contribution < -0.4 is 0 Å². The Morgan fingerprint density at radius 3 is 2.20 bits per heavy atom. The van der Waals surface area contributed by atoms with E-state index in [4.69, 9.17) is 5.11 Å². The molecule has 0 saturated heterocycles. The van der Waals surface area contributed by atoms with Crippen LogP contribution in [0.2, 0.25) is 0 Å². The van der Waals surface area contributed by atoms with Crippen LogP contribution >= 0.6 is 0 Å². The highest BCUT2D eigenvalue weighted by molar-refractivity contribution is 5.82. The molecule has 4 atom stereocenters. The van der Waals surface area contributed by atoms with Crippen molar-refractivity contribution in [3.8, 4) is 0 Å². The maximum Gasteiger partial charge on any atom is 0.308 e. The fourth-order valence-electron chi connectivity index (χ4n) is 2.47. The first kappa shape index (κ1) is 16.2. The summed E-state index contributed by atoms with van der Waals surface area (Å²) < 4.78 is 4.68. The predicted octanol–water partition coefficient (Wildman–Crippen LogP) is 0.136. The lowest BCUT2D eigenvalue weighted by Gasteiger charge is -2.32. The molecule has 0 saturated carbocycles. The Morgan fingerprint density at radius 2 is 1.70 bits per heavy atom. The SMILES string of the molecule is CC1C=CC(CC(=O)OCCO)C(C(=O)O)C1C(=O)O. The van der Waals surface area contributed by atoms with Crippen molar-refractivity contribution >= 4 is 17.9 Å². The first-order valence-electron chi connectivity index (χ1n) is 6.29. The van der Waals surface area contributed by atoms with Crippen LogP contribution in [0.15, 0.2) is 12.2 Å². The van der Waals surface area contributed by atoms with Crippen molar-refractivity contribution in [2.45, 2.75) is 13.3 Å². The summed E-state index contributed by atoms with van der Waals surface area (Å²) in [6.45, 7) is 1.15. The number of carbonyl (C=O) groups excluding carboxylic acids is 1. The number of allylic oxidation sites excluding steroid dienone is 2. The molecule has 0 aromatic heterocycles. The van der Waals surface area contributed by atoms with E-state index in [0.29, 0.717) is 0 Å². The summed E-state index contributed by atoms with van der Waals surface area (Å²) >= 11 is 0. The van der Waals surface area contributed by atoms with Crippen molar-refractivity contribution < 1.29 is 34.4 Å². The number of carboxylic acid groups (broad SMARTS) is 2. The average molecular weight is 286 g/mol. The largest absolute Gasteiger partial charge is 0.481 e. The van der Waals surface area contributed by atoms with E-state index in [-0.39, 0.29) is 19.6 Å². The van der Waals surface area contributed by atoms with Gasteiger partial charge in [-0.2, -0.15) is 0 Å². The molecule has 0 heterocycles. The van der Waals surface area contributed by atoms with E-state index in [0.717, 1.165) is 0 Å². The third-order valence-electron chi connectivity index (χ3n) is 3.40. The summed E-state index contributed by atoms with van der Waals surface area (Å²) in [5.41, 5.74) is 0. The summed E-state index contributed by atoms with van der Waals surface area (Å²) in [6, 6.07) is 0. The predicted molar refractivity (Wildman–Crippen MR) is 66.7 cm³/mol. The van der Waals surface area contributed by atoms with Gasteiger partial charge < -0.3 is 20.1 Å². The van der Waals surface area contributed by atoms with Gasteiger partial charge in [0.1, 0.15) is 6.61 Å². The Hall–Kier alpha value is -1.89. The topological polar surface area (TPSA) is 121 Å². The molecule has 1 rings (SSSR count). The number of rotatable bonds is 6. The van der Waals surface area contributed by atoms with Crippen LogP contribution in [0.4, 0.5) is 0 Å². The highest BCUT2D eigenvalue weighted by Crippen LogP contribution is 2.36. The van der Waals surface area contributed by atoms with E-state index in [1.165, 1.54) is 0 Å². The lowest BCUT2D eigenvalue weighted by molar-refractivity contribution is -0.159. The number of carbonyl (C=O) groups is 3. The van der Waals surface area contributed by atoms with Gasteiger partial charge in [-0.15, -0.1) is 0 Å². The summed E-state index contributed by atoms with van der Waals surface area (Å²) in [5, 5.41) is 27.0. The minimum absolute atomic E-state index is 0.161. The second kappa shape index (κ2) is 7.04. The molecule has 0 amide bonds.